The second-order valence-corrected chi connectivity index (χ2v) is 5.53. The molecular formula is C13H21BrN2. The molecule has 0 radical (unpaired) electrons. The highest BCUT2D eigenvalue weighted by atomic mass is 79.9. The number of anilines is 1. The molecule has 1 aromatic rings. The van der Waals surface area contributed by atoms with Gasteiger partial charge in [-0.05, 0) is 47.3 Å². The molecule has 0 saturated heterocycles. The smallest absolute Gasteiger partial charge is 0.127 e. The van der Waals surface area contributed by atoms with E-state index in [1.165, 1.54) is 19.3 Å². The first-order valence-corrected chi connectivity index (χ1v) is 6.76. The van der Waals surface area contributed by atoms with E-state index in [1.807, 2.05) is 18.2 Å². The maximum Gasteiger partial charge on any atom is 0.127 e. The maximum absolute atomic E-state index is 4.36. The van der Waals surface area contributed by atoms with Crippen LogP contribution in [-0.4, -0.2) is 11.0 Å². The lowest BCUT2D eigenvalue weighted by Gasteiger charge is -2.15. The fourth-order valence-electron chi connectivity index (χ4n) is 1.65. The number of nitrogens with one attached hydrogen (secondary N) is 1. The van der Waals surface area contributed by atoms with Crippen LogP contribution < -0.4 is 5.32 Å². The van der Waals surface area contributed by atoms with E-state index in [0.29, 0.717) is 6.04 Å². The van der Waals surface area contributed by atoms with Crippen molar-refractivity contribution >= 4 is 21.7 Å². The minimum absolute atomic E-state index is 0.487. The van der Waals surface area contributed by atoms with Crippen LogP contribution in [0.25, 0.3) is 0 Å². The molecule has 16 heavy (non-hydrogen) atoms. The summed E-state index contributed by atoms with van der Waals surface area (Å²) in [5.74, 6) is 1.75. The quantitative estimate of drug-likeness (QED) is 0.780. The third-order valence-electron chi connectivity index (χ3n) is 2.53. The zero-order valence-corrected chi connectivity index (χ0v) is 11.9. The fourth-order valence-corrected chi connectivity index (χ4v) is 1.99. The van der Waals surface area contributed by atoms with Crippen LogP contribution in [0.15, 0.2) is 22.8 Å². The van der Waals surface area contributed by atoms with Gasteiger partial charge in [0, 0.05) is 6.04 Å². The summed E-state index contributed by atoms with van der Waals surface area (Å²) in [6.07, 6.45) is 3.78. The van der Waals surface area contributed by atoms with E-state index in [0.717, 1.165) is 16.3 Å². The molecule has 0 amide bonds. The van der Waals surface area contributed by atoms with Crippen molar-refractivity contribution in [3.05, 3.63) is 22.8 Å². The SMILES string of the molecule is CC(C)CCCC(C)Nc1cccc(Br)n1. The van der Waals surface area contributed by atoms with Gasteiger partial charge in [0.1, 0.15) is 10.4 Å². The van der Waals surface area contributed by atoms with Crippen molar-refractivity contribution < 1.29 is 0 Å². The zero-order valence-electron chi connectivity index (χ0n) is 10.3. The standard InChI is InChI=1S/C13H21BrN2/c1-10(2)6-4-7-11(3)15-13-9-5-8-12(14)16-13/h5,8-11H,4,6-7H2,1-3H3,(H,15,16). The van der Waals surface area contributed by atoms with Crippen molar-refractivity contribution in [3.8, 4) is 0 Å². The summed E-state index contributed by atoms with van der Waals surface area (Å²) >= 11 is 3.37. The van der Waals surface area contributed by atoms with Crippen LogP contribution in [0.4, 0.5) is 5.82 Å². The second kappa shape index (κ2) is 6.89. The first-order chi connectivity index (χ1) is 7.58. The van der Waals surface area contributed by atoms with E-state index < -0.39 is 0 Å². The van der Waals surface area contributed by atoms with E-state index in [2.05, 4.69) is 47.0 Å². The highest BCUT2D eigenvalue weighted by Crippen LogP contribution is 2.14. The van der Waals surface area contributed by atoms with Crippen LogP contribution in [0.2, 0.25) is 0 Å². The zero-order chi connectivity index (χ0) is 12.0. The van der Waals surface area contributed by atoms with Gasteiger partial charge in [-0.25, -0.2) is 4.98 Å². The Bertz CT molecular complexity index is 313. The number of nitrogens with zero attached hydrogens (tertiary/aromatic N) is 1. The van der Waals surface area contributed by atoms with E-state index >= 15 is 0 Å². The molecule has 1 unspecified atom stereocenters. The predicted molar refractivity (Wildman–Crippen MR) is 73.7 cm³/mol. The van der Waals surface area contributed by atoms with Crippen LogP contribution in [0.1, 0.15) is 40.0 Å². The van der Waals surface area contributed by atoms with E-state index in [4.69, 9.17) is 0 Å². The summed E-state index contributed by atoms with van der Waals surface area (Å²) in [5, 5.41) is 3.42. The molecule has 90 valence electrons. The lowest BCUT2D eigenvalue weighted by molar-refractivity contribution is 0.520. The molecule has 0 spiro atoms. The summed E-state index contributed by atoms with van der Waals surface area (Å²) in [4.78, 5) is 4.36. The van der Waals surface area contributed by atoms with Gasteiger partial charge in [0.25, 0.3) is 0 Å². The Morgan fingerprint density at radius 3 is 2.62 bits per heavy atom. The lowest BCUT2D eigenvalue weighted by Crippen LogP contribution is -2.16. The highest BCUT2D eigenvalue weighted by molar-refractivity contribution is 9.10. The monoisotopic (exact) mass is 284 g/mol. The third kappa shape index (κ3) is 5.50. The van der Waals surface area contributed by atoms with Crippen molar-refractivity contribution in [1.82, 2.24) is 4.98 Å². The Kier molecular flexibility index (Phi) is 5.81. The molecule has 0 aliphatic rings. The normalized spacial score (nSPS) is 12.8. The highest BCUT2D eigenvalue weighted by Gasteiger charge is 2.03. The molecule has 1 aromatic heterocycles. The molecule has 0 aliphatic carbocycles. The van der Waals surface area contributed by atoms with E-state index in [-0.39, 0.29) is 0 Å². The first-order valence-electron chi connectivity index (χ1n) is 5.97. The molecule has 1 atom stereocenters. The summed E-state index contributed by atoms with van der Waals surface area (Å²) in [6.45, 7) is 6.75. The Balaban J connectivity index is 2.31. The molecule has 3 heteroatoms. The number of hydrogen-bond acceptors (Lipinski definition) is 2. The van der Waals surface area contributed by atoms with Crippen molar-refractivity contribution in [2.45, 2.75) is 46.1 Å². The van der Waals surface area contributed by atoms with Crippen LogP contribution in [0.5, 0.6) is 0 Å². The van der Waals surface area contributed by atoms with Gasteiger partial charge in [0.15, 0.2) is 0 Å². The topological polar surface area (TPSA) is 24.9 Å². The lowest BCUT2D eigenvalue weighted by atomic mass is 10.0. The molecule has 1 heterocycles. The molecule has 0 aromatic carbocycles. The van der Waals surface area contributed by atoms with Gasteiger partial charge in [0.2, 0.25) is 0 Å². The van der Waals surface area contributed by atoms with Crippen LogP contribution >= 0.6 is 15.9 Å². The van der Waals surface area contributed by atoms with E-state index in [9.17, 15) is 0 Å². The molecule has 0 fully saturated rings. The number of hydrogen-bond donors (Lipinski definition) is 1. The number of rotatable bonds is 6. The van der Waals surface area contributed by atoms with Crippen molar-refractivity contribution in [1.29, 1.82) is 0 Å². The van der Waals surface area contributed by atoms with Crippen LogP contribution in [0.3, 0.4) is 0 Å². The fraction of sp³-hybridized carbons (Fsp3) is 0.615. The number of pyridine rings is 1. The predicted octanol–water partition coefficient (Wildman–Crippen LogP) is 4.47. The molecule has 0 aliphatic heterocycles. The first kappa shape index (κ1) is 13.5. The van der Waals surface area contributed by atoms with Gasteiger partial charge in [-0.2, -0.15) is 0 Å². The second-order valence-electron chi connectivity index (χ2n) is 4.72. The molecule has 2 nitrogen and oxygen atoms in total. The average molecular weight is 285 g/mol. The Morgan fingerprint density at radius 1 is 1.25 bits per heavy atom. The number of aromatic nitrogens is 1. The Labute approximate surface area is 107 Å². The molecule has 1 N–H and O–H groups in total. The van der Waals surface area contributed by atoms with Crippen molar-refractivity contribution in [2.75, 3.05) is 5.32 Å². The minimum Gasteiger partial charge on any atom is -0.368 e. The van der Waals surface area contributed by atoms with Crippen LogP contribution in [0, 0.1) is 5.92 Å². The Morgan fingerprint density at radius 2 is 2.00 bits per heavy atom. The molecule has 0 bridgehead atoms. The van der Waals surface area contributed by atoms with Gasteiger partial charge in [-0.3, -0.25) is 0 Å². The van der Waals surface area contributed by atoms with Gasteiger partial charge >= 0.3 is 0 Å². The van der Waals surface area contributed by atoms with Crippen molar-refractivity contribution in [2.24, 2.45) is 5.92 Å². The molecule has 1 rings (SSSR count). The number of halogens is 1. The summed E-state index contributed by atoms with van der Waals surface area (Å²) in [6, 6.07) is 6.43. The van der Waals surface area contributed by atoms with Gasteiger partial charge in [-0.15, -0.1) is 0 Å². The van der Waals surface area contributed by atoms with Gasteiger partial charge in [-0.1, -0.05) is 32.8 Å². The summed E-state index contributed by atoms with van der Waals surface area (Å²) in [5.41, 5.74) is 0. The third-order valence-corrected chi connectivity index (χ3v) is 2.97. The van der Waals surface area contributed by atoms with E-state index in [1.54, 1.807) is 0 Å². The van der Waals surface area contributed by atoms with Gasteiger partial charge < -0.3 is 5.32 Å². The average Bonchev–Trinajstić information content (AvgIpc) is 2.16. The molecule has 0 saturated carbocycles. The summed E-state index contributed by atoms with van der Waals surface area (Å²) < 4.78 is 0.881. The maximum atomic E-state index is 4.36. The van der Waals surface area contributed by atoms with Gasteiger partial charge in [0.05, 0.1) is 0 Å². The van der Waals surface area contributed by atoms with Crippen molar-refractivity contribution in [3.63, 3.8) is 0 Å². The summed E-state index contributed by atoms with van der Waals surface area (Å²) in [7, 11) is 0. The Hall–Kier alpha value is -0.570. The molecular weight excluding hydrogens is 264 g/mol. The van der Waals surface area contributed by atoms with Crippen LogP contribution in [-0.2, 0) is 0 Å². The minimum atomic E-state index is 0.487. The largest absolute Gasteiger partial charge is 0.368 e.